The summed E-state index contributed by atoms with van der Waals surface area (Å²) >= 11 is 11.7. The number of nitrogens with one attached hydrogen (secondary N) is 1. The first-order valence-electron chi connectivity index (χ1n) is 6.50. The van der Waals surface area contributed by atoms with E-state index in [4.69, 9.17) is 27.9 Å². The molecule has 1 aromatic carbocycles. The van der Waals surface area contributed by atoms with E-state index >= 15 is 0 Å². The van der Waals surface area contributed by atoms with E-state index in [0.717, 1.165) is 0 Å². The monoisotopic (exact) mass is 317 g/mol. The zero-order valence-corrected chi connectivity index (χ0v) is 13.8. The lowest BCUT2D eigenvalue weighted by atomic mass is 9.85. The summed E-state index contributed by atoms with van der Waals surface area (Å²) < 4.78 is 5.20. The van der Waals surface area contributed by atoms with Crippen molar-refractivity contribution in [2.45, 2.75) is 33.2 Å². The Morgan fingerprint density at radius 2 is 2.05 bits per heavy atom. The van der Waals surface area contributed by atoms with E-state index in [1.165, 1.54) is 7.11 Å². The minimum absolute atomic E-state index is 0.00659. The van der Waals surface area contributed by atoms with E-state index in [1.807, 2.05) is 0 Å². The maximum atomic E-state index is 12.4. The molecule has 0 aliphatic carbocycles. The number of halogens is 2. The van der Waals surface area contributed by atoms with Gasteiger partial charge in [0.1, 0.15) is 5.75 Å². The molecule has 1 atom stereocenters. The maximum Gasteiger partial charge on any atom is 0.255 e. The van der Waals surface area contributed by atoms with Gasteiger partial charge < -0.3 is 10.1 Å². The summed E-state index contributed by atoms with van der Waals surface area (Å²) in [6, 6.07) is 4.96. The molecule has 1 aromatic rings. The number of hydrogen-bond donors (Lipinski definition) is 1. The van der Waals surface area contributed by atoms with Crippen LogP contribution >= 0.6 is 23.2 Å². The first-order chi connectivity index (χ1) is 9.29. The molecule has 1 rings (SSSR count). The summed E-state index contributed by atoms with van der Waals surface area (Å²) in [7, 11) is 1.52. The molecule has 1 unspecified atom stereocenters. The van der Waals surface area contributed by atoms with Gasteiger partial charge >= 0.3 is 0 Å². The summed E-state index contributed by atoms with van der Waals surface area (Å²) in [5.74, 6) is 0.789. The van der Waals surface area contributed by atoms with Crippen molar-refractivity contribution in [1.82, 2.24) is 5.32 Å². The molecule has 0 aromatic heterocycles. The van der Waals surface area contributed by atoms with Gasteiger partial charge in [-0.3, -0.25) is 4.79 Å². The third-order valence-corrected chi connectivity index (χ3v) is 3.61. The van der Waals surface area contributed by atoms with Crippen molar-refractivity contribution in [2.24, 2.45) is 5.41 Å². The minimum Gasteiger partial charge on any atom is -0.496 e. The molecule has 5 heteroatoms. The number of benzene rings is 1. The number of carbonyl (C=O) groups is 1. The van der Waals surface area contributed by atoms with Crippen LogP contribution in [0.25, 0.3) is 0 Å². The Morgan fingerprint density at radius 3 is 2.55 bits per heavy atom. The number of ether oxygens (including phenoxy) is 1. The Morgan fingerprint density at radius 1 is 1.40 bits per heavy atom. The standard InChI is InChI=1S/C15H21Cl2NO2/c1-15(2,3)13(7-8-16)18-14(19)11-6-5-10(17)9-12(11)20-4/h5-6,9,13H,7-8H2,1-4H3,(H,18,19). The lowest BCUT2D eigenvalue weighted by molar-refractivity contribution is 0.0897. The van der Waals surface area contributed by atoms with Crippen molar-refractivity contribution in [3.05, 3.63) is 28.8 Å². The molecule has 0 bridgehead atoms. The maximum absolute atomic E-state index is 12.4. The van der Waals surface area contributed by atoms with Crippen LogP contribution in [0.4, 0.5) is 0 Å². The lowest BCUT2D eigenvalue weighted by Crippen LogP contribution is -2.44. The van der Waals surface area contributed by atoms with Gasteiger partial charge in [-0.2, -0.15) is 0 Å². The van der Waals surface area contributed by atoms with Crippen molar-refractivity contribution in [3.8, 4) is 5.75 Å². The molecule has 0 fully saturated rings. The van der Waals surface area contributed by atoms with Crippen LogP contribution in [0.15, 0.2) is 18.2 Å². The number of carbonyl (C=O) groups excluding carboxylic acids is 1. The molecule has 1 N–H and O–H groups in total. The SMILES string of the molecule is COc1cc(Cl)ccc1C(=O)NC(CCCl)C(C)(C)C. The lowest BCUT2D eigenvalue weighted by Gasteiger charge is -2.31. The molecule has 0 spiro atoms. The average Bonchev–Trinajstić information content (AvgIpc) is 2.36. The van der Waals surface area contributed by atoms with Gasteiger partial charge in [-0.1, -0.05) is 32.4 Å². The summed E-state index contributed by atoms with van der Waals surface area (Å²) in [5, 5.41) is 3.56. The molecular formula is C15H21Cl2NO2. The van der Waals surface area contributed by atoms with E-state index in [9.17, 15) is 4.79 Å². The zero-order chi connectivity index (χ0) is 15.3. The Bertz CT molecular complexity index is 469. The molecule has 0 saturated heterocycles. The van der Waals surface area contributed by atoms with Gasteiger partial charge in [0.2, 0.25) is 0 Å². The van der Waals surface area contributed by atoms with Gasteiger partial charge in [0.05, 0.1) is 12.7 Å². The fourth-order valence-electron chi connectivity index (χ4n) is 1.92. The first kappa shape index (κ1) is 17.1. The molecular weight excluding hydrogens is 297 g/mol. The number of rotatable bonds is 5. The van der Waals surface area contributed by atoms with Crippen LogP contribution in [-0.2, 0) is 0 Å². The predicted octanol–water partition coefficient (Wildman–Crippen LogP) is 4.12. The molecule has 0 radical (unpaired) electrons. The second-order valence-electron chi connectivity index (χ2n) is 5.71. The Hall–Kier alpha value is -0.930. The number of methoxy groups -OCH3 is 1. The van der Waals surface area contributed by atoms with Crippen molar-refractivity contribution < 1.29 is 9.53 Å². The Kier molecular flexibility index (Phi) is 6.15. The van der Waals surface area contributed by atoms with Crippen LogP contribution in [0.5, 0.6) is 5.75 Å². The summed E-state index contributed by atoms with van der Waals surface area (Å²) in [4.78, 5) is 12.4. The van der Waals surface area contributed by atoms with Crippen molar-refractivity contribution in [3.63, 3.8) is 0 Å². The minimum atomic E-state index is -0.177. The highest BCUT2D eigenvalue weighted by atomic mass is 35.5. The highest BCUT2D eigenvalue weighted by Gasteiger charge is 2.26. The summed E-state index contributed by atoms with van der Waals surface area (Å²) in [6.07, 6.45) is 0.715. The zero-order valence-electron chi connectivity index (χ0n) is 12.3. The highest BCUT2D eigenvalue weighted by Crippen LogP contribution is 2.26. The van der Waals surface area contributed by atoms with Crippen LogP contribution in [0.1, 0.15) is 37.6 Å². The molecule has 1 amide bonds. The van der Waals surface area contributed by atoms with Gasteiger partial charge in [-0.25, -0.2) is 0 Å². The third kappa shape index (κ3) is 4.57. The summed E-state index contributed by atoms with van der Waals surface area (Å²) in [5.41, 5.74) is 0.408. The van der Waals surface area contributed by atoms with Gasteiger partial charge in [0.25, 0.3) is 5.91 Å². The van der Waals surface area contributed by atoms with Gasteiger partial charge in [0.15, 0.2) is 0 Å². The molecule has 0 aliphatic heterocycles. The van der Waals surface area contributed by atoms with E-state index in [0.29, 0.717) is 28.6 Å². The number of amides is 1. The van der Waals surface area contributed by atoms with E-state index in [-0.39, 0.29) is 17.4 Å². The van der Waals surface area contributed by atoms with Crippen molar-refractivity contribution in [2.75, 3.05) is 13.0 Å². The molecule has 0 saturated carbocycles. The fraction of sp³-hybridized carbons (Fsp3) is 0.533. The van der Waals surface area contributed by atoms with E-state index in [2.05, 4.69) is 26.1 Å². The average molecular weight is 318 g/mol. The normalized spacial score (nSPS) is 12.9. The van der Waals surface area contributed by atoms with Crippen LogP contribution in [0.3, 0.4) is 0 Å². The second kappa shape index (κ2) is 7.19. The summed E-state index contributed by atoms with van der Waals surface area (Å²) in [6.45, 7) is 6.22. The van der Waals surface area contributed by atoms with Gasteiger partial charge in [0, 0.05) is 16.9 Å². The Balaban J connectivity index is 2.94. The van der Waals surface area contributed by atoms with Gasteiger partial charge in [-0.15, -0.1) is 11.6 Å². The molecule has 0 heterocycles. The molecule has 3 nitrogen and oxygen atoms in total. The Labute approximate surface area is 130 Å². The van der Waals surface area contributed by atoms with Crippen LogP contribution in [-0.4, -0.2) is 24.9 Å². The predicted molar refractivity (Wildman–Crippen MR) is 84.1 cm³/mol. The number of alkyl halides is 1. The number of hydrogen-bond acceptors (Lipinski definition) is 2. The quantitative estimate of drug-likeness (QED) is 0.829. The van der Waals surface area contributed by atoms with Gasteiger partial charge in [-0.05, 0) is 30.0 Å². The van der Waals surface area contributed by atoms with Crippen molar-refractivity contribution in [1.29, 1.82) is 0 Å². The smallest absolute Gasteiger partial charge is 0.255 e. The second-order valence-corrected chi connectivity index (χ2v) is 6.53. The topological polar surface area (TPSA) is 38.3 Å². The fourth-order valence-corrected chi connectivity index (χ4v) is 2.30. The molecule has 20 heavy (non-hydrogen) atoms. The van der Waals surface area contributed by atoms with E-state index in [1.54, 1.807) is 18.2 Å². The largest absolute Gasteiger partial charge is 0.496 e. The van der Waals surface area contributed by atoms with Crippen LogP contribution in [0, 0.1) is 5.41 Å². The highest BCUT2D eigenvalue weighted by molar-refractivity contribution is 6.30. The van der Waals surface area contributed by atoms with Crippen LogP contribution in [0.2, 0.25) is 5.02 Å². The van der Waals surface area contributed by atoms with Crippen molar-refractivity contribution >= 4 is 29.1 Å². The molecule has 112 valence electrons. The third-order valence-electron chi connectivity index (χ3n) is 3.16. The van der Waals surface area contributed by atoms with Crippen LogP contribution < -0.4 is 10.1 Å². The van der Waals surface area contributed by atoms with E-state index < -0.39 is 0 Å². The molecule has 0 aliphatic rings. The first-order valence-corrected chi connectivity index (χ1v) is 7.41.